The van der Waals surface area contributed by atoms with Crippen molar-refractivity contribution in [3.05, 3.63) is 144 Å². The topological polar surface area (TPSA) is 101 Å². The standard InChI is InChI=1S/C78H100N6O4/c1-7-9-11-13-15-17-19-21-25-55-85-63-37-29-59(30-38-63)75-67-45-49-71(79-67)77(61-33-41-65(42-34-61)87-57-27-23-53-83(3)4)73-51-47-69(81-73)76(60-31-39-64(40-32-60)86-56-26-22-20-18-16-14-12-10-8-2)70-48-52-74(82-70)78(72-50-46-68(75)80-72)62-35-43-66(44-36-62)88-58-28-24-54-84(5)6/h29-52,79,82H,7-28,53-58H2,1-6H3. The van der Waals surface area contributed by atoms with Crippen molar-refractivity contribution in [3.63, 3.8) is 0 Å². The number of benzene rings is 4. The number of hydrogen-bond acceptors (Lipinski definition) is 8. The van der Waals surface area contributed by atoms with Gasteiger partial charge in [0.15, 0.2) is 0 Å². The molecule has 10 nitrogen and oxygen atoms in total. The molecule has 0 amide bonds. The molecule has 2 aliphatic heterocycles. The third-order valence-electron chi connectivity index (χ3n) is 16.9. The summed E-state index contributed by atoms with van der Waals surface area (Å²) in [7, 11) is 8.46. The minimum Gasteiger partial charge on any atom is -0.494 e. The highest BCUT2D eigenvalue weighted by Gasteiger charge is 2.20. The lowest BCUT2D eigenvalue weighted by molar-refractivity contribution is 0.293. The predicted octanol–water partition coefficient (Wildman–Crippen LogP) is 20.6. The van der Waals surface area contributed by atoms with Crippen LogP contribution in [0.2, 0.25) is 0 Å². The lowest BCUT2D eigenvalue weighted by atomic mass is 10.0. The Morgan fingerprint density at radius 3 is 0.750 bits per heavy atom. The number of nitrogens with zero attached hydrogens (tertiary/aromatic N) is 4. The largest absolute Gasteiger partial charge is 0.494 e. The average molecular weight is 1190 g/mol. The molecule has 0 radical (unpaired) electrons. The van der Waals surface area contributed by atoms with Gasteiger partial charge in [0.1, 0.15) is 23.0 Å². The highest BCUT2D eigenvalue weighted by molar-refractivity contribution is 6.00. The monoisotopic (exact) mass is 1180 g/mol. The summed E-state index contributed by atoms with van der Waals surface area (Å²) in [5.41, 5.74) is 15.3. The quantitative estimate of drug-likeness (QED) is 0.0369. The van der Waals surface area contributed by atoms with Crippen molar-refractivity contribution in [1.82, 2.24) is 29.7 Å². The summed E-state index contributed by atoms with van der Waals surface area (Å²) in [4.78, 5) is 23.6. The fourth-order valence-corrected chi connectivity index (χ4v) is 11.9. The maximum atomic E-state index is 6.38. The summed E-state index contributed by atoms with van der Waals surface area (Å²) < 4.78 is 25.4. The van der Waals surface area contributed by atoms with Crippen molar-refractivity contribution in [2.45, 2.75) is 155 Å². The van der Waals surface area contributed by atoms with E-state index >= 15 is 0 Å². The van der Waals surface area contributed by atoms with Gasteiger partial charge < -0.3 is 38.7 Å². The second-order valence-corrected chi connectivity index (χ2v) is 24.7. The third-order valence-corrected chi connectivity index (χ3v) is 16.9. The molecule has 10 heteroatoms. The van der Waals surface area contributed by atoms with Gasteiger partial charge in [0, 0.05) is 44.3 Å². The zero-order chi connectivity index (χ0) is 61.1. The smallest absolute Gasteiger partial charge is 0.119 e. The maximum Gasteiger partial charge on any atom is 0.119 e. The van der Waals surface area contributed by atoms with Crippen LogP contribution in [-0.2, 0) is 0 Å². The van der Waals surface area contributed by atoms with E-state index in [1.165, 1.54) is 103 Å². The number of fused-ring (bicyclic) bond motifs is 8. The molecule has 8 bridgehead atoms. The first-order valence-corrected chi connectivity index (χ1v) is 33.6. The van der Waals surface area contributed by atoms with E-state index in [2.05, 4.69) is 207 Å². The van der Waals surface area contributed by atoms with Crippen LogP contribution < -0.4 is 18.9 Å². The number of aromatic amines is 2. The minimum atomic E-state index is 0.670. The van der Waals surface area contributed by atoms with E-state index in [0.717, 1.165) is 164 Å². The highest BCUT2D eigenvalue weighted by Crippen LogP contribution is 2.40. The Balaban J connectivity index is 1.12. The Kier molecular flexibility index (Phi) is 25.8. The van der Waals surface area contributed by atoms with E-state index in [1.807, 2.05) is 0 Å². The second kappa shape index (κ2) is 35.0. The van der Waals surface area contributed by atoms with E-state index in [1.54, 1.807) is 0 Å². The lowest BCUT2D eigenvalue weighted by Gasteiger charge is -2.11. The summed E-state index contributed by atoms with van der Waals surface area (Å²) in [6.45, 7) is 9.41. The number of nitrogens with one attached hydrogen (secondary N) is 2. The van der Waals surface area contributed by atoms with Crippen molar-refractivity contribution in [2.75, 3.05) is 67.7 Å². The van der Waals surface area contributed by atoms with Gasteiger partial charge in [-0.25, -0.2) is 9.97 Å². The Bertz CT molecular complexity index is 3220. The molecule has 0 unspecified atom stereocenters. The van der Waals surface area contributed by atoms with Gasteiger partial charge in [-0.2, -0.15) is 0 Å². The maximum absolute atomic E-state index is 6.38. The zero-order valence-electron chi connectivity index (χ0n) is 54.1. The molecule has 0 saturated carbocycles. The summed E-state index contributed by atoms with van der Waals surface area (Å²) in [6, 6.07) is 42.9. The van der Waals surface area contributed by atoms with Gasteiger partial charge in [-0.05, 0) is 199 Å². The first kappa shape index (κ1) is 65.1. The molecule has 0 spiro atoms. The van der Waals surface area contributed by atoms with Gasteiger partial charge in [-0.1, -0.05) is 165 Å². The van der Waals surface area contributed by atoms with Gasteiger partial charge in [-0.15, -0.1) is 0 Å². The molecular weight excluding hydrogens is 1080 g/mol. The first-order chi connectivity index (χ1) is 43.2. The van der Waals surface area contributed by atoms with Crippen molar-refractivity contribution in [3.8, 4) is 67.5 Å². The van der Waals surface area contributed by atoms with E-state index in [-0.39, 0.29) is 0 Å². The van der Waals surface area contributed by atoms with Crippen LogP contribution in [0.4, 0.5) is 0 Å². The number of unbranched alkanes of at least 4 members (excludes halogenated alkanes) is 18. The van der Waals surface area contributed by atoms with E-state index in [4.69, 9.17) is 28.9 Å². The molecule has 0 saturated heterocycles. The summed E-state index contributed by atoms with van der Waals surface area (Å²) in [6.07, 6.45) is 35.9. The van der Waals surface area contributed by atoms with E-state index < -0.39 is 0 Å². The average Bonchev–Trinajstić information content (AvgIpc) is 2.75. The van der Waals surface area contributed by atoms with Crippen LogP contribution in [0.25, 0.3) is 90.9 Å². The number of aromatic nitrogens is 4. The van der Waals surface area contributed by atoms with Crippen molar-refractivity contribution >= 4 is 46.4 Å². The Hall–Kier alpha value is -7.40. The molecule has 7 aromatic rings. The van der Waals surface area contributed by atoms with Gasteiger partial charge in [-0.3, -0.25) is 0 Å². The fourth-order valence-electron chi connectivity index (χ4n) is 11.9. The number of H-pyrrole nitrogens is 2. The fraction of sp³-hybridized carbons (Fsp3) is 0.436. The van der Waals surface area contributed by atoms with Gasteiger partial charge in [0.05, 0.1) is 49.2 Å². The van der Waals surface area contributed by atoms with Crippen LogP contribution in [0.1, 0.15) is 178 Å². The summed E-state index contributed by atoms with van der Waals surface area (Å²) in [5.74, 6) is 3.45. The van der Waals surface area contributed by atoms with Crippen LogP contribution in [0, 0.1) is 0 Å². The molecule has 9 rings (SSSR count). The molecule has 5 heterocycles. The van der Waals surface area contributed by atoms with Crippen molar-refractivity contribution in [2.24, 2.45) is 0 Å². The first-order valence-electron chi connectivity index (χ1n) is 33.6. The lowest BCUT2D eigenvalue weighted by Crippen LogP contribution is -2.13. The third kappa shape index (κ3) is 19.3. The molecule has 2 N–H and O–H groups in total. The number of rotatable bonds is 38. The van der Waals surface area contributed by atoms with Crippen LogP contribution >= 0.6 is 0 Å². The molecule has 3 aromatic heterocycles. The molecule has 88 heavy (non-hydrogen) atoms. The second-order valence-electron chi connectivity index (χ2n) is 24.7. The Morgan fingerprint density at radius 2 is 0.511 bits per heavy atom. The van der Waals surface area contributed by atoms with E-state index in [9.17, 15) is 0 Å². The molecule has 4 aromatic carbocycles. The van der Waals surface area contributed by atoms with Crippen LogP contribution in [0.5, 0.6) is 23.0 Å². The summed E-state index contributed by atoms with van der Waals surface area (Å²) in [5, 5.41) is 0. The molecule has 0 atom stereocenters. The molecule has 466 valence electrons. The number of hydrogen-bond donors (Lipinski definition) is 2. The van der Waals surface area contributed by atoms with Gasteiger partial charge in [0.25, 0.3) is 0 Å². The van der Waals surface area contributed by atoms with E-state index in [0.29, 0.717) is 26.4 Å². The van der Waals surface area contributed by atoms with Crippen LogP contribution in [0.3, 0.4) is 0 Å². The molecule has 0 aliphatic carbocycles. The normalized spacial score (nSPS) is 12.0. The predicted molar refractivity (Wildman–Crippen MR) is 373 cm³/mol. The van der Waals surface area contributed by atoms with Gasteiger partial charge in [0.2, 0.25) is 0 Å². The molecule has 0 fully saturated rings. The van der Waals surface area contributed by atoms with Crippen LogP contribution in [-0.4, -0.2) is 97.4 Å². The van der Waals surface area contributed by atoms with Crippen LogP contribution in [0.15, 0.2) is 121 Å². The molecular formula is C78H100N6O4. The zero-order valence-corrected chi connectivity index (χ0v) is 54.1. The summed E-state index contributed by atoms with van der Waals surface area (Å²) >= 11 is 0. The minimum absolute atomic E-state index is 0.670. The van der Waals surface area contributed by atoms with Crippen molar-refractivity contribution < 1.29 is 18.9 Å². The number of ether oxygens (including phenoxy) is 4. The van der Waals surface area contributed by atoms with Crippen molar-refractivity contribution in [1.29, 1.82) is 0 Å². The Morgan fingerprint density at radius 1 is 0.284 bits per heavy atom. The Labute approximate surface area is 526 Å². The highest BCUT2D eigenvalue weighted by atomic mass is 16.5. The molecule has 2 aliphatic rings. The SMILES string of the molecule is CCCCCCCCCCCOc1ccc(-c2c3nc(c(-c4ccc(OCCCCN(C)C)cc4)c4ccc([nH]4)c(-c4ccc(OCCCCCCCCCCC)cc4)c4nc(c(-c5ccc(OCCCCN(C)C)cc5)c5ccc2[nH]5)C=C4)C=C3)cc1. The van der Waals surface area contributed by atoms with Gasteiger partial charge >= 0.3 is 0 Å².